The van der Waals surface area contributed by atoms with E-state index in [0.29, 0.717) is 6.61 Å². The predicted molar refractivity (Wildman–Crippen MR) is 95.2 cm³/mol. The molecule has 5 heteroatoms. The highest BCUT2D eigenvalue weighted by Gasteiger charge is 2.61. The summed E-state index contributed by atoms with van der Waals surface area (Å²) in [6.45, 7) is 4.47. The van der Waals surface area contributed by atoms with E-state index in [9.17, 15) is 4.79 Å². The lowest BCUT2D eigenvalue weighted by molar-refractivity contribution is -0.00665. The van der Waals surface area contributed by atoms with Crippen LogP contribution in [0.15, 0.2) is 60.7 Å². The number of hydrogen-bond donors (Lipinski definition) is 1. The minimum atomic E-state index is -0.461. The molecule has 2 fully saturated rings. The third-order valence-corrected chi connectivity index (χ3v) is 5.12. The first-order chi connectivity index (χ1) is 12.1. The highest BCUT2D eigenvalue weighted by atomic mass is 16.6. The van der Waals surface area contributed by atoms with Crippen LogP contribution >= 0.6 is 0 Å². The van der Waals surface area contributed by atoms with Crippen molar-refractivity contribution in [1.29, 1.82) is 0 Å². The van der Waals surface area contributed by atoms with E-state index < -0.39 is 11.8 Å². The number of nitrogens with one attached hydrogen (secondary N) is 1. The van der Waals surface area contributed by atoms with E-state index in [-0.39, 0.29) is 18.2 Å². The molecule has 25 heavy (non-hydrogen) atoms. The number of carbonyl (C=O) groups is 1. The SMILES string of the molecule is C[C@@H]1O[C@@]1(C)[C@@H]1OC[C@H](c2ccccc2)N1C(=O)Nc1ccccc1. The monoisotopic (exact) mass is 338 g/mol. The van der Waals surface area contributed by atoms with Gasteiger partial charge in [-0.3, -0.25) is 4.90 Å². The van der Waals surface area contributed by atoms with E-state index in [0.717, 1.165) is 11.3 Å². The molecular weight excluding hydrogens is 316 g/mol. The summed E-state index contributed by atoms with van der Waals surface area (Å²) in [5, 5.41) is 2.98. The van der Waals surface area contributed by atoms with Crippen LogP contribution in [0.2, 0.25) is 0 Å². The largest absolute Gasteiger partial charge is 0.362 e. The molecule has 130 valence electrons. The van der Waals surface area contributed by atoms with Crippen LogP contribution in [0.5, 0.6) is 0 Å². The van der Waals surface area contributed by atoms with Crippen LogP contribution in [0.1, 0.15) is 25.5 Å². The number of ether oxygens (including phenoxy) is 2. The lowest BCUT2D eigenvalue weighted by atomic mass is 10.0. The molecule has 0 spiro atoms. The number of hydrogen-bond acceptors (Lipinski definition) is 3. The maximum absolute atomic E-state index is 13.1. The fourth-order valence-electron chi connectivity index (χ4n) is 3.44. The number of anilines is 1. The molecule has 0 bridgehead atoms. The first-order valence-electron chi connectivity index (χ1n) is 8.58. The number of benzene rings is 2. The van der Waals surface area contributed by atoms with Gasteiger partial charge in [0.15, 0.2) is 6.23 Å². The van der Waals surface area contributed by atoms with E-state index in [1.165, 1.54) is 0 Å². The molecule has 0 saturated carbocycles. The van der Waals surface area contributed by atoms with Gasteiger partial charge in [-0.25, -0.2) is 4.79 Å². The second kappa shape index (κ2) is 6.17. The van der Waals surface area contributed by atoms with Gasteiger partial charge < -0.3 is 14.8 Å². The highest BCUT2D eigenvalue weighted by molar-refractivity contribution is 5.90. The summed E-state index contributed by atoms with van der Waals surface area (Å²) in [5.74, 6) is 0. The number of urea groups is 1. The fraction of sp³-hybridized carbons (Fsp3) is 0.350. The molecule has 2 saturated heterocycles. The molecule has 5 nitrogen and oxygen atoms in total. The van der Waals surface area contributed by atoms with E-state index in [2.05, 4.69) is 5.32 Å². The van der Waals surface area contributed by atoms with Gasteiger partial charge in [0.1, 0.15) is 5.60 Å². The third-order valence-electron chi connectivity index (χ3n) is 5.12. The number of epoxide rings is 1. The van der Waals surface area contributed by atoms with Gasteiger partial charge in [0.25, 0.3) is 0 Å². The Labute approximate surface area is 147 Å². The molecule has 0 aliphatic carbocycles. The zero-order chi connectivity index (χ0) is 17.4. The molecule has 2 aromatic rings. The summed E-state index contributed by atoms with van der Waals surface area (Å²) in [6.07, 6.45) is -0.338. The Hall–Kier alpha value is -2.37. The lowest BCUT2D eigenvalue weighted by Crippen LogP contribution is -2.48. The van der Waals surface area contributed by atoms with Crippen molar-refractivity contribution < 1.29 is 14.3 Å². The minimum absolute atomic E-state index is 0.0686. The van der Waals surface area contributed by atoms with Crippen molar-refractivity contribution >= 4 is 11.7 Å². The standard InChI is InChI=1S/C20H22N2O3/c1-14-20(2,25-14)18-22(19(23)21-16-11-7-4-8-12-16)17(13-24-18)15-9-5-3-6-10-15/h3-12,14,17-18H,13H2,1-2H3,(H,21,23)/t14-,17+,18-,20+/m0/s1. The van der Waals surface area contributed by atoms with Crippen molar-refractivity contribution in [2.45, 2.75) is 37.8 Å². The van der Waals surface area contributed by atoms with E-state index in [1.54, 1.807) is 4.90 Å². The molecule has 4 rings (SSSR count). The molecule has 2 heterocycles. The van der Waals surface area contributed by atoms with E-state index >= 15 is 0 Å². The van der Waals surface area contributed by atoms with Gasteiger partial charge in [-0.05, 0) is 31.5 Å². The van der Waals surface area contributed by atoms with Crippen molar-refractivity contribution in [2.75, 3.05) is 11.9 Å². The third kappa shape index (κ3) is 2.90. The average Bonchev–Trinajstić information content (AvgIpc) is 3.06. The Kier molecular flexibility index (Phi) is 3.98. The first-order valence-corrected chi connectivity index (χ1v) is 8.58. The number of para-hydroxylation sites is 1. The van der Waals surface area contributed by atoms with Crippen LogP contribution in [0.4, 0.5) is 10.5 Å². The Morgan fingerprint density at radius 2 is 1.72 bits per heavy atom. The number of amides is 2. The molecule has 0 unspecified atom stereocenters. The maximum Gasteiger partial charge on any atom is 0.324 e. The zero-order valence-electron chi connectivity index (χ0n) is 14.4. The number of nitrogens with zero attached hydrogens (tertiary/aromatic N) is 1. The summed E-state index contributed by atoms with van der Waals surface area (Å²) in [7, 11) is 0. The summed E-state index contributed by atoms with van der Waals surface area (Å²) < 4.78 is 11.8. The van der Waals surface area contributed by atoms with Gasteiger partial charge in [0.2, 0.25) is 0 Å². The highest BCUT2D eigenvalue weighted by Crippen LogP contribution is 2.46. The smallest absolute Gasteiger partial charge is 0.324 e. The van der Waals surface area contributed by atoms with Crippen molar-refractivity contribution in [2.24, 2.45) is 0 Å². The minimum Gasteiger partial charge on any atom is -0.362 e. The molecule has 0 aromatic heterocycles. The molecule has 2 aromatic carbocycles. The molecule has 2 amide bonds. The topological polar surface area (TPSA) is 54.1 Å². The molecule has 4 atom stereocenters. The van der Waals surface area contributed by atoms with Gasteiger partial charge in [-0.2, -0.15) is 0 Å². The van der Waals surface area contributed by atoms with Crippen LogP contribution in [-0.4, -0.2) is 35.5 Å². The molecule has 1 N–H and O–H groups in total. The number of carbonyl (C=O) groups excluding carboxylic acids is 1. The summed E-state index contributed by atoms with van der Waals surface area (Å²) in [4.78, 5) is 14.9. The van der Waals surface area contributed by atoms with Gasteiger partial charge in [0.05, 0.1) is 18.8 Å². The van der Waals surface area contributed by atoms with Gasteiger partial charge in [-0.1, -0.05) is 48.5 Å². The van der Waals surface area contributed by atoms with E-state index in [4.69, 9.17) is 9.47 Å². The molecule has 2 aliphatic rings. The van der Waals surface area contributed by atoms with Gasteiger partial charge >= 0.3 is 6.03 Å². The van der Waals surface area contributed by atoms with Crippen LogP contribution < -0.4 is 5.32 Å². The van der Waals surface area contributed by atoms with Crippen LogP contribution in [0, 0.1) is 0 Å². The summed E-state index contributed by atoms with van der Waals surface area (Å²) in [5.41, 5.74) is 1.36. The van der Waals surface area contributed by atoms with Crippen molar-refractivity contribution in [1.82, 2.24) is 4.90 Å². The van der Waals surface area contributed by atoms with Crippen LogP contribution in [0.3, 0.4) is 0 Å². The van der Waals surface area contributed by atoms with Crippen molar-refractivity contribution in [3.63, 3.8) is 0 Å². The van der Waals surface area contributed by atoms with Gasteiger partial charge in [0, 0.05) is 5.69 Å². The normalized spacial score (nSPS) is 31.0. The Morgan fingerprint density at radius 1 is 1.12 bits per heavy atom. The molecule has 0 radical (unpaired) electrons. The molecule has 2 aliphatic heterocycles. The van der Waals surface area contributed by atoms with Gasteiger partial charge in [-0.15, -0.1) is 0 Å². The second-order valence-corrected chi connectivity index (χ2v) is 6.76. The predicted octanol–water partition coefficient (Wildman–Crippen LogP) is 3.80. The Morgan fingerprint density at radius 3 is 2.32 bits per heavy atom. The summed E-state index contributed by atoms with van der Waals surface area (Å²) in [6, 6.07) is 19.1. The fourth-order valence-corrected chi connectivity index (χ4v) is 3.44. The summed E-state index contributed by atoms with van der Waals surface area (Å²) >= 11 is 0. The second-order valence-electron chi connectivity index (χ2n) is 6.76. The average molecular weight is 338 g/mol. The van der Waals surface area contributed by atoms with Crippen molar-refractivity contribution in [3.05, 3.63) is 66.2 Å². The number of rotatable bonds is 3. The van der Waals surface area contributed by atoms with Crippen LogP contribution in [-0.2, 0) is 9.47 Å². The maximum atomic E-state index is 13.1. The molecular formula is C20H22N2O3. The zero-order valence-corrected chi connectivity index (χ0v) is 14.4. The lowest BCUT2D eigenvalue weighted by Gasteiger charge is -2.31. The van der Waals surface area contributed by atoms with Crippen LogP contribution in [0.25, 0.3) is 0 Å². The first kappa shape index (κ1) is 16.1. The van der Waals surface area contributed by atoms with Crippen molar-refractivity contribution in [3.8, 4) is 0 Å². The Bertz CT molecular complexity index is 752. The van der Waals surface area contributed by atoms with E-state index in [1.807, 2.05) is 74.5 Å². The Balaban J connectivity index is 1.63. The quantitative estimate of drug-likeness (QED) is 0.866.